The van der Waals surface area contributed by atoms with Crippen LogP contribution in [0, 0.1) is 0 Å². The van der Waals surface area contributed by atoms with E-state index in [9.17, 15) is 4.79 Å². The second-order valence-corrected chi connectivity index (χ2v) is 7.94. The molecule has 3 heterocycles. The van der Waals surface area contributed by atoms with Crippen LogP contribution in [0.5, 0.6) is 0 Å². The predicted molar refractivity (Wildman–Crippen MR) is 120 cm³/mol. The zero-order valence-electron chi connectivity index (χ0n) is 17.2. The molecule has 0 spiro atoms. The van der Waals surface area contributed by atoms with Crippen LogP contribution in [0.4, 0.5) is 11.5 Å². The molecular formula is C23H24N6O. The summed E-state index contributed by atoms with van der Waals surface area (Å²) in [5.74, 6) is 0.919. The number of anilines is 2. The second kappa shape index (κ2) is 7.40. The second-order valence-electron chi connectivity index (χ2n) is 7.94. The zero-order chi connectivity index (χ0) is 20.7. The SMILES string of the molecule is CC(C)n1cnc2cc(N3CCN(c4cnc5ccccc5n4)CC3)ccc2c1=O. The molecule has 0 amide bonds. The van der Waals surface area contributed by atoms with Crippen molar-refractivity contribution >= 4 is 33.4 Å². The maximum atomic E-state index is 12.6. The molecule has 1 saturated heterocycles. The first-order valence-corrected chi connectivity index (χ1v) is 10.3. The topological polar surface area (TPSA) is 67.2 Å². The highest BCUT2D eigenvalue weighted by molar-refractivity contribution is 5.81. The Labute approximate surface area is 174 Å². The van der Waals surface area contributed by atoms with Gasteiger partial charge in [-0.1, -0.05) is 12.1 Å². The van der Waals surface area contributed by atoms with E-state index in [0.29, 0.717) is 5.39 Å². The lowest BCUT2D eigenvalue weighted by Crippen LogP contribution is -2.46. The Kier molecular flexibility index (Phi) is 4.58. The molecule has 7 heteroatoms. The van der Waals surface area contributed by atoms with Crippen molar-refractivity contribution in [3.05, 3.63) is 65.3 Å². The van der Waals surface area contributed by atoms with Gasteiger partial charge < -0.3 is 9.80 Å². The molecule has 5 rings (SSSR count). The van der Waals surface area contributed by atoms with Gasteiger partial charge in [0, 0.05) is 37.9 Å². The standard InChI is InChI=1S/C23H24N6O/c1-16(2)29-15-25-21-13-17(7-8-18(21)23(29)30)27-9-11-28(12-10-27)22-14-24-19-5-3-4-6-20(19)26-22/h3-8,13-16H,9-12H2,1-2H3. The predicted octanol–water partition coefficient (Wildman–Crippen LogP) is 3.25. The smallest absolute Gasteiger partial charge is 0.261 e. The fourth-order valence-electron chi connectivity index (χ4n) is 3.98. The van der Waals surface area contributed by atoms with Gasteiger partial charge in [-0.3, -0.25) is 14.3 Å². The van der Waals surface area contributed by atoms with Gasteiger partial charge in [-0.2, -0.15) is 0 Å². The number of para-hydroxylation sites is 2. The Morgan fingerprint density at radius 3 is 2.37 bits per heavy atom. The molecule has 0 bridgehead atoms. The number of rotatable bonds is 3. The molecule has 2 aromatic carbocycles. The summed E-state index contributed by atoms with van der Waals surface area (Å²) in [7, 11) is 0. The fraction of sp³-hybridized carbons (Fsp3) is 0.304. The van der Waals surface area contributed by atoms with E-state index >= 15 is 0 Å². The minimum atomic E-state index is 0.0150. The first kappa shape index (κ1) is 18.5. The van der Waals surface area contributed by atoms with Crippen LogP contribution in [0.25, 0.3) is 21.9 Å². The van der Waals surface area contributed by atoms with Crippen molar-refractivity contribution in [2.45, 2.75) is 19.9 Å². The summed E-state index contributed by atoms with van der Waals surface area (Å²) in [6, 6.07) is 14.0. The molecule has 1 aliphatic rings. The maximum absolute atomic E-state index is 12.6. The Morgan fingerprint density at radius 1 is 0.867 bits per heavy atom. The van der Waals surface area contributed by atoms with Crippen molar-refractivity contribution in [3.63, 3.8) is 0 Å². The average Bonchev–Trinajstić information content (AvgIpc) is 2.78. The Balaban J connectivity index is 1.35. The monoisotopic (exact) mass is 400 g/mol. The molecule has 0 radical (unpaired) electrons. The van der Waals surface area contributed by atoms with Crippen LogP contribution in [-0.2, 0) is 0 Å². The largest absolute Gasteiger partial charge is 0.368 e. The summed E-state index contributed by atoms with van der Waals surface area (Å²) < 4.78 is 1.67. The molecular weight excluding hydrogens is 376 g/mol. The quantitative estimate of drug-likeness (QED) is 0.526. The number of fused-ring (bicyclic) bond motifs is 2. The van der Waals surface area contributed by atoms with Gasteiger partial charge in [0.25, 0.3) is 5.56 Å². The highest BCUT2D eigenvalue weighted by Crippen LogP contribution is 2.23. The Hall–Kier alpha value is -3.48. The molecule has 1 fully saturated rings. The van der Waals surface area contributed by atoms with Crippen LogP contribution in [0.3, 0.4) is 0 Å². The van der Waals surface area contributed by atoms with Crippen molar-refractivity contribution in [3.8, 4) is 0 Å². The van der Waals surface area contributed by atoms with Crippen molar-refractivity contribution in [1.82, 2.24) is 19.5 Å². The lowest BCUT2D eigenvalue weighted by atomic mass is 10.2. The summed E-state index contributed by atoms with van der Waals surface area (Å²) in [6.45, 7) is 7.47. The van der Waals surface area contributed by atoms with Crippen LogP contribution >= 0.6 is 0 Å². The minimum Gasteiger partial charge on any atom is -0.368 e. The number of piperazine rings is 1. The van der Waals surface area contributed by atoms with E-state index < -0.39 is 0 Å². The van der Waals surface area contributed by atoms with E-state index in [0.717, 1.165) is 54.2 Å². The summed E-state index contributed by atoms with van der Waals surface area (Å²) in [4.78, 5) is 31.1. The van der Waals surface area contributed by atoms with Gasteiger partial charge in [-0.15, -0.1) is 0 Å². The van der Waals surface area contributed by atoms with E-state index in [-0.39, 0.29) is 11.6 Å². The van der Waals surface area contributed by atoms with Gasteiger partial charge in [0.15, 0.2) is 0 Å². The molecule has 0 unspecified atom stereocenters. The van der Waals surface area contributed by atoms with Crippen molar-refractivity contribution in [2.24, 2.45) is 0 Å². The lowest BCUT2D eigenvalue weighted by Gasteiger charge is -2.36. The number of aromatic nitrogens is 4. The highest BCUT2D eigenvalue weighted by atomic mass is 16.1. The molecule has 30 heavy (non-hydrogen) atoms. The third kappa shape index (κ3) is 3.26. The van der Waals surface area contributed by atoms with Gasteiger partial charge in [0.05, 0.1) is 34.5 Å². The molecule has 4 aromatic rings. The summed E-state index contributed by atoms with van der Waals surface area (Å²) in [5.41, 5.74) is 3.70. The van der Waals surface area contributed by atoms with E-state index in [1.165, 1.54) is 0 Å². The third-order valence-electron chi connectivity index (χ3n) is 5.73. The molecule has 0 atom stereocenters. The van der Waals surface area contributed by atoms with Crippen LogP contribution in [0.1, 0.15) is 19.9 Å². The zero-order valence-corrected chi connectivity index (χ0v) is 17.2. The number of hydrogen-bond acceptors (Lipinski definition) is 6. The van der Waals surface area contributed by atoms with Gasteiger partial charge in [-0.25, -0.2) is 9.97 Å². The minimum absolute atomic E-state index is 0.0150. The third-order valence-corrected chi connectivity index (χ3v) is 5.73. The molecule has 0 N–H and O–H groups in total. The number of benzene rings is 2. The van der Waals surface area contributed by atoms with E-state index in [1.807, 2.05) is 62.5 Å². The van der Waals surface area contributed by atoms with Crippen LogP contribution < -0.4 is 15.4 Å². The van der Waals surface area contributed by atoms with Crippen LogP contribution in [-0.4, -0.2) is 45.7 Å². The number of hydrogen-bond donors (Lipinski definition) is 0. The lowest BCUT2D eigenvalue weighted by molar-refractivity contribution is 0.573. The normalized spacial score (nSPS) is 14.8. The van der Waals surface area contributed by atoms with Crippen molar-refractivity contribution < 1.29 is 0 Å². The first-order chi connectivity index (χ1) is 14.6. The van der Waals surface area contributed by atoms with Gasteiger partial charge >= 0.3 is 0 Å². The Morgan fingerprint density at radius 2 is 1.60 bits per heavy atom. The van der Waals surface area contributed by atoms with E-state index in [4.69, 9.17) is 4.98 Å². The molecule has 152 valence electrons. The average molecular weight is 400 g/mol. The van der Waals surface area contributed by atoms with Crippen LogP contribution in [0.15, 0.2) is 59.8 Å². The molecule has 2 aromatic heterocycles. The summed E-state index contributed by atoms with van der Waals surface area (Å²) >= 11 is 0. The van der Waals surface area contributed by atoms with Crippen LogP contribution in [0.2, 0.25) is 0 Å². The van der Waals surface area contributed by atoms with Crippen molar-refractivity contribution in [1.29, 1.82) is 0 Å². The molecule has 7 nitrogen and oxygen atoms in total. The van der Waals surface area contributed by atoms with Gasteiger partial charge in [0.1, 0.15) is 5.82 Å². The fourth-order valence-corrected chi connectivity index (χ4v) is 3.98. The first-order valence-electron chi connectivity index (χ1n) is 10.3. The molecule has 1 aliphatic heterocycles. The summed E-state index contributed by atoms with van der Waals surface area (Å²) in [5, 5.41) is 0.667. The van der Waals surface area contributed by atoms with Gasteiger partial charge in [0.2, 0.25) is 0 Å². The highest BCUT2D eigenvalue weighted by Gasteiger charge is 2.19. The van der Waals surface area contributed by atoms with Gasteiger partial charge in [-0.05, 0) is 44.2 Å². The maximum Gasteiger partial charge on any atom is 0.261 e. The number of nitrogens with zero attached hydrogens (tertiary/aromatic N) is 6. The van der Waals surface area contributed by atoms with E-state index in [2.05, 4.69) is 19.8 Å². The summed E-state index contributed by atoms with van der Waals surface area (Å²) in [6.07, 6.45) is 3.51. The molecule has 0 aliphatic carbocycles. The van der Waals surface area contributed by atoms with Crippen molar-refractivity contribution in [2.75, 3.05) is 36.0 Å². The molecule has 0 saturated carbocycles. The van der Waals surface area contributed by atoms with E-state index in [1.54, 1.807) is 10.9 Å². The Bertz CT molecular complexity index is 1270.